The van der Waals surface area contributed by atoms with E-state index in [0.717, 1.165) is 6.42 Å². The fraction of sp³-hybridized carbons (Fsp3) is 0.400. The highest BCUT2D eigenvalue weighted by atomic mass is 16.4. The predicted octanol–water partition coefficient (Wildman–Crippen LogP) is 1.19. The first-order valence-corrected chi connectivity index (χ1v) is 6.90. The van der Waals surface area contributed by atoms with E-state index in [4.69, 9.17) is 0 Å². The minimum absolute atomic E-state index is 0.104. The summed E-state index contributed by atoms with van der Waals surface area (Å²) in [6.45, 7) is 2.27. The third-order valence-corrected chi connectivity index (χ3v) is 3.49. The van der Waals surface area contributed by atoms with E-state index in [0.29, 0.717) is 30.8 Å². The smallest absolute Gasteiger partial charge is 0.336 e. The van der Waals surface area contributed by atoms with Gasteiger partial charge < -0.3 is 15.3 Å². The van der Waals surface area contributed by atoms with E-state index >= 15 is 0 Å². The van der Waals surface area contributed by atoms with Gasteiger partial charge in [0.15, 0.2) is 0 Å². The normalized spacial score (nSPS) is 13.5. The van der Waals surface area contributed by atoms with Crippen LogP contribution in [-0.4, -0.2) is 36.0 Å². The molecule has 0 saturated heterocycles. The van der Waals surface area contributed by atoms with Gasteiger partial charge in [-0.1, -0.05) is 6.07 Å². The van der Waals surface area contributed by atoms with Crippen LogP contribution in [0.5, 0.6) is 0 Å². The van der Waals surface area contributed by atoms with Crippen molar-refractivity contribution in [3.63, 3.8) is 0 Å². The molecule has 6 nitrogen and oxygen atoms in total. The average Bonchev–Trinajstić information content (AvgIpc) is 2.45. The molecule has 6 heteroatoms. The van der Waals surface area contributed by atoms with Crippen molar-refractivity contribution in [2.75, 3.05) is 18.0 Å². The van der Waals surface area contributed by atoms with Gasteiger partial charge in [0.2, 0.25) is 11.8 Å². The summed E-state index contributed by atoms with van der Waals surface area (Å²) in [5, 5.41) is 11.8. The number of nitrogens with zero attached hydrogens (tertiary/aromatic N) is 1. The van der Waals surface area contributed by atoms with Crippen molar-refractivity contribution in [3.05, 3.63) is 29.3 Å². The third kappa shape index (κ3) is 3.39. The number of nitrogens with one attached hydrogen (secondary N) is 1. The Hall–Kier alpha value is -2.37. The molecule has 1 aromatic rings. The van der Waals surface area contributed by atoms with Crippen molar-refractivity contribution < 1.29 is 19.5 Å². The minimum atomic E-state index is -0.973. The summed E-state index contributed by atoms with van der Waals surface area (Å²) in [5.74, 6) is -1.25. The molecule has 0 saturated carbocycles. The first-order valence-electron chi connectivity index (χ1n) is 6.90. The van der Waals surface area contributed by atoms with Gasteiger partial charge >= 0.3 is 5.97 Å². The van der Waals surface area contributed by atoms with Crippen LogP contribution < -0.4 is 10.2 Å². The molecule has 112 valence electrons. The zero-order chi connectivity index (χ0) is 15.4. The lowest BCUT2D eigenvalue weighted by molar-refractivity contribution is -0.120. The van der Waals surface area contributed by atoms with Crippen LogP contribution in [0.2, 0.25) is 0 Å². The van der Waals surface area contributed by atoms with Gasteiger partial charge in [0.25, 0.3) is 0 Å². The molecular weight excluding hydrogens is 272 g/mol. The highest BCUT2D eigenvalue weighted by molar-refractivity contribution is 5.98. The number of hydrogen-bond donors (Lipinski definition) is 2. The number of carboxylic acids is 1. The van der Waals surface area contributed by atoms with E-state index in [2.05, 4.69) is 5.32 Å². The summed E-state index contributed by atoms with van der Waals surface area (Å²) in [7, 11) is 0. The van der Waals surface area contributed by atoms with Crippen molar-refractivity contribution in [2.24, 2.45) is 0 Å². The van der Waals surface area contributed by atoms with Gasteiger partial charge in [-0.2, -0.15) is 0 Å². The molecule has 0 spiro atoms. The van der Waals surface area contributed by atoms with E-state index < -0.39 is 5.97 Å². The van der Waals surface area contributed by atoms with Crippen LogP contribution in [0.4, 0.5) is 5.69 Å². The molecule has 2 rings (SSSR count). The number of anilines is 1. The van der Waals surface area contributed by atoms with E-state index in [-0.39, 0.29) is 23.8 Å². The Morgan fingerprint density at radius 3 is 2.76 bits per heavy atom. The molecule has 2 amide bonds. The summed E-state index contributed by atoms with van der Waals surface area (Å²) >= 11 is 0. The molecule has 2 N–H and O–H groups in total. The highest BCUT2D eigenvalue weighted by Gasteiger charge is 2.25. The van der Waals surface area contributed by atoms with Crippen molar-refractivity contribution in [1.29, 1.82) is 0 Å². The molecule has 1 aromatic carbocycles. The molecule has 21 heavy (non-hydrogen) atoms. The van der Waals surface area contributed by atoms with Crippen molar-refractivity contribution in [3.8, 4) is 0 Å². The zero-order valence-electron chi connectivity index (χ0n) is 11.9. The fourth-order valence-corrected chi connectivity index (χ4v) is 2.56. The Labute approximate surface area is 122 Å². The molecule has 1 aliphatic rings. The van der Waals surface area contributed by atoms with Gasteiger partial charge in [-0.15, -0.1) is 0 Å². The summed E-state index contributed by atoms with van der Waals surface area (Å²) in [6.07, 6.45) is 1.60. The Bertz CT molecular complexity index is 583. The predicted molar refractivity (Wildman–Crippen MR) is 77.4 cm³/mol. The molecular formula is C15H18N2O4. The van der Waals surface area contributed by atoms with Crippen molar-refractivity contribution in [1.82, 2.24) is 5.32 Å². The second-order valence-electron chi connectivity index (χ2n) is 4.99. The molecule has 0 aliphatic carbocycles. The summed E-state index contributed by atoms with van der Waals surface area (Å²) in [4.78, 5) is 35.9. The topological polar surface area (TPSA) is 86.7 Å². The van der Waals surface area contributed by atoms with Crippen LogP contribution in [0.25, 0.3) is 0 Å². The maximum absolute atomic E-state index is 12.3. The zero-order valence-corrected chi connectivity index (χ0v) is 11.9. The number of hydrogen-bond acceptors (Lipinski definition) is 3. The van der Waals surface area contributed by atoms with E-state index in [1.165, 1.54) is 6.92 Å². The quantitative estimate of drug-likeness (QED) is 0.872. The SMILES string of the molecule is CC(=O)NCCC(=O)N1CCCc2c(C(=O)O)cccc21. The number of benzene rings is 1. The summed E-state index contributed by atoms with van der Waals surface area (Å²) in [6, 6.07) is 4.99. The molecule has 0 radical (unpaired) electrons. The molecule has 0 atom stereocenters. The van der Waals surface area contributed by atoms with Crippen LogP contribution in [0.15, 0.2) is 18.2 Å². The first kappa shape index (κ1) is 15.0. The van der Waals surface area contributed by atoms with E-state index in [9.17, 15) is 19.5 Å². The van der Waals surface area contributed by atoms with Gasteiger partial charge in [0, 0.05) is 32.1 Å². The molecule has 0 unspecified atom stereocenters. The second kappa shape index (κ2) is 6.39. The van der Waals surface area contributed by atoms with Gasteiger partial charge in [-0.3, -0.25) is 9.59 Å². The Morgan fingerprint density at radius 1 is 1.33 bits per heavy atom. The number of aromatic carboxylic acids is 1. The lowest BCUT2D eigenvalue weighted by Gasteiger charge is -2.30. The molecule has 0 bridgehead atoms. The Morgan fingerprint density at radius 2 is 2.10 bits per heavy atom. The average molecular weight is 290 g/mol. The van der Waals surface area contributed by atoms with Crippen molar-refractivity contribution in [2.45, 2.75) is 26.2 Å². The second-order valence-corrected chi connectivity index (χ2v) is 4.99. The first-order chi connectivity index (χ1) is 10.0. The Balaban J connectivity index is 2.18. The maximum Gasteiger partial charge on any atom is 0.336 e. The monoisotopic (exact) mass is 290 g/mol. The van der Waals surface area contributed by atoms with Crippen LogP contribution in [0.3, 0.4) is 0 Å². The lowest BCUT2D eigenvalue weighted by Crippen LogP contribution is -2.38. The molecule has 0 aromatic heterocycles. The lowest BCUT2D eigenvalue weighted by atomic mass is 9.96. The van der Waals surface area contributed by atoms with Crippen LogP contribution in [-0.2, 0) is 16.0 Å². The van der Waals surface area contributed by atoms with Crippen LogP contribution >= 0.6 is 0 Å². The van der Waals surface area contributed by atoms with E-state index in [1.807, 2.05) is 0 Å². The van der Waals surface area contributed by atoms with Gasteiger partial charge in [-0.25, -0.2) is 4.79 Å². The number of carboxylic acid groups (broad SMARTS) is 1. The third-order valence-electron chi connectivity index (χ3n) is 3.49. The highest BCUT2D eigenvalue weighted by Crippen LogP contribution is 2.30. The van der Waals surface area contributed by atoms with Crippen molar-refractivity contribution >= 4 is 23.5 Å². The maximum atomic E-state index is 12.3. The minimum Gasteiger partial charge on any atom is -0.478 e. The Kier molecular flexibility index (Phi) is 4.57. The molecule has 1 heterocycles. The summed E-state index contributed by atoms with van der Waals surface area (Å²) in [5.41, 5.74) is 1.64. The molecule has 1 aliphatic heterocycles. The van der Waals surface area contributed by atoms with Gasteiger partial charge in [0.1, 0.15) is 0 Å². The number of carbonyl (C=O) groups is 3. The number of rotatable bonds is 4. The van der Waals surface area contributed by atoms with Gasteiger partial charge in [-0.05, 0) is 30.5 Å². The standard InChI is InChI=1S/C15H18N2O4/c1-10(18)16-8-7-14(19)17-9-3-5-11-12(15(20)21)4-2-6-13(11)17/h2,4,6H,3,5,7-9H2,1H3,(H,16,18)(H,20,21). The fourth-order valence-electron chi connectivity index (χ4n) is 2.56. The van der Waals surface area contributed by atoms with E-state index in [1.54, 1.807) is 23.1 Å². The number of fused-ring (bicyclic) bond motifs is 1. The molecule has 0 fully saturated rings. The summed E-state index contributed by atoms with van der Waals surface area (Å²) < 4.78 is 0. The van der Waals surface area contributed by atoms with Crippen LogP contribution in [0.1, 0.15) is 35.7 Å². The number of amides is 2. The van der Waals surface area contributed by atoms with Crippen LogP contribution in [0, 0.1) is 0 Å². The largest absolute Gasteiger partial charge is 0.478 e. The number of carbonyl (C=O) groups excluding carboxylic acids is 2. The van der Waals surface area contributed by atoms with Gasteiger partial charge in [0.05, 0.1) is 5.56 Å².